The molecule has 8 nitrogen and oxygen atoms in total. The predicted molar refractivity (Wildman–Crippen MR) is 111 cm³/mol. The molecule has 1 aliphatic rings. The van der Waals surface area contributed by atoms with Gasteiger partial charge in [-0.3, -0.25) is 9.78 Å². The third kappa shape index (κ3) is 6.86. The minimum absolute atomic E-state index is 0.0780. The number of halogens is 3. The number of piperidine rings is 1. The zero-order chi connectivity index (χ0) is 23.8. The summed E-state index contributed by atoms with van der Waals surface area (Å²) in [5.41, 5.74) is 2.91. The second kappa shape index (κ2) is 10.7. The number of alkyl halides is 3. The van der Waals surface area contributed by atoms with Gasteiger partial charge in [0.15, 0.2) is 0 Å². The average molecular weight is 461 g/mol. The Kier molecular flexibility index (Phi) is 7.75. The molecule has 3 heterocycles. The zero-order valence-electron chi connectivity index (χ0n) is 17.5. The largest absolute Gasteiger partial charge is 0.490 e. The number of carbonyl (C=O) groups excluding carboxylic acids is 1. The van der Waals surface area contributed by atoms with E-state index in [4.69, 9.17) is 9.90 Å². The van der Waals surface area contributed by atoms with Crippen LogP contribution in [0.15, 0.2) is 61.1 Å². The molecule has 0 unspecified atom stereocenters. The molecule has 1 saturated heterocycles. The molecule has 0 atom stereocenters. The van der Waals surface area contributed by atoms with Gasteiger partial charge in [-0.05, 0) is 30.5 Å². The maximum Gasteiger partial charge on any atom is 0.490 e. The van der Waals surface area contributed by atoms with Crippen molar-refractivity contribution in [3.8, 4) is 0 Å². The van der Waals surface area contributed by atoms with Crippen LogP contribution in [0.25, 0.3) is 0 Å². The van der Waals surface area contributed by atoms with Crippen LogP contribution in [0.5, 0.6) is 0 Å². The van der Waals surface area contributed by atoms with Gasteiger partial charge in [0.25, 0.3) is 5.91 Å². The van der Waals surface area contributed by atoms with Gasteiger partial charge < -0.3 is 10.0 Å². The number of carboxylic acid groups (broad SMARTS) is 1. The van der Waals surface area contributed by atoms with Crippen LogP contribution in [-0.2, 0) is 11.2 Å². The number of carboxylic acids is 1. The smallest absolute Gasteiger partial charge is 0.475 e. The maximum absolute atomic E-state index is 12.5. The Morgan fingerprint density at radius 1 is 1.03 bits per heavy atom. The summed E-state index contributed by atoms with van der Waals surface area (Å²) in [4.78, 5) is 27.3. The standard InChI is InChI=1S/C20H21N5O.C2HF3O2/c26-20(17-6-10-21-11-7-17)24-12-8-19(9-13-24)25-15-18(22-23-25)14-16-4-2-1-3-5-16;3-2(4,5)1(6)7/h1-7,10-11,15,19H,8-9,12-14H2;(H,6,7). The number of hydrogen-bond donors (Lipinski definition) is 1. The van der Waals surface area contributed by atoms with Gasteiger partial charge in [-0.2, -0.15) is 13.2 Å². The molecule has 1 aliphatic heterocycles. The van der Waals surface area contributed by atoms with Crippen LogP contribution in [0, 0.1) is 0 Å². The molecule has 4 rings (SSSR count). The van der Waals surface area contributed by atoms with Crippen molar-refractivity contribution in [1.29, 1.82) is 0 Å². The molecule has 1 N–H and O–H groups in total. The van der Waals surface area contributed by atoms with E-state index in [1.165, 1.54) is 5.56 Å². The lowest BCUT2D eigenvalue weighted by molar-refractivity contribution is -0.192. The molecule has 0 spiro atoms. The van der Waals surface area contributed by atoms with Crippen LogP contribution in [-0.4, -0.2) is 61.1 Å². The SMILES string of the molecule is O=C(O)C(F)(F)F.O=C(c1ccncc1)N1CCC(n2cc(Cc3ccccc3)nn2)CC1. The summed E-state index contributed by atoms with van der Waals surface area (Å²) in [7, 11) is 0. The number of pyridine rings is 1. The van der Waals surface area contributed by atoms with Crippen molar-refractivity contribution in [2.45, 2.75) is 31.5 Å². The Morgan fingerprint density at radius 3 is 2.21 bits per heavy atom. The minimum Gasteiger partial charge on any atom is -0.475 e. The number of nitrogens with zero attached hydrogens (tertiary/aromatic N) is 5. The molecule has 0 bridgehead atoms. The van der Waals surface area contributed by atoms with Crippen molar-refractivity contribution in [2.75, 3.05) is 13.1 Å². The number of amides is 1. The van der Waals surface area contributed by atoms with E-state index in [2.05, 4.69) is 27.4 Å². The van der Waals surface area contributed by atoms with Gasteiger partial charge >= 0.3 is 12.1 Å². The molecule has 2 aromatic heterocycles. The molecule has 11 heteroatoms. The molecule has 33 heavy (non-hydrogen) atoms. The second-order valence-electron chi connectivity index (χ2n) is 7.41. The summed E-state index contributed by atoms with van der Waals surface area (Å²) < 4.78 is 33.7. The van der Waals surface area contributed by atoms with E-state index < -0.39 is 12.1 Å². The minimum atomic E-state index is -5.08. The van der Waals surface area contributed by atoms with Gasteiger partial charge in [0.2, 0.25) is 0 Å². The lowest BCUT2D eigenvalue weighted by atomic mass is 10.0. The molecule has 0 saturated carbocycles. The summed E-state index contributed by atoms with van der Waals surface area (Å²) in [6, 6.07) is 14.1. The van der Waals surface area contributed by atoms with Crippen molar-refractivity contribution < 1.29 is 27.9 Å². The second-order valence-corrected chi connectivity index (χ2v) is 7.41. The van der Waals surface area contributed by atoms with Crippen LogP contribution in [0.2, 0.25) is 0 Å². The summed E-state index contributed by atoms with van der Waals surface area (Å²) in [6.45, 7) is 1.47. The Labute approximate surface area is 187 Å². The number of rotatable bonds is 4. The van der Waals surface area contributed by atoms with Crippen LogP contribution >= 0.6 is 0 Å². The summed E-state index contributed by atoms with van der Waals surface area (Å²) in [5.74, 6) is -2.68. The Bertz CT molecular complexity index is 1050. The number of benzene rings is 1. The fourth-order valence-corrected chi connectivity index (χ4v) is 3.39. The maximum atomic E-state index is 12.5. The summed E-state index contributed by atoms with van der Waals surface area (Å²) in [6.07, 6.45) is 2.85. The third-order valence-corrected chi connectivity index (χ3v) is 5.08. The van der Waals surface area contributed by atoms with Gasteiger partial charge in [0.05, 0.1) is 11.7 Å². The van der Waals surface area contributed by atoms with Gasteiger partial charge in [0, 0.05) is 43.7 Å². The van der Waals surface area contributed by atoms with Gasteiger partial charge in [-0.15, -0.1) is 5.10 Å². The van der Waals surface area contributed by atoms with Crippen LogP contribution in [0.4, 0.5) is 13.2 Å². The van der Waals surface area contributed by atoms with E-state index in [9.17, 15) is 18.0 Å². The highest BCUT2D eigenvalue weighted by Gasteiger charge is 2.38. The van der Waals surface area contributed by atoms with Crippen molar-refractivity contribution >= 4 is 11.9 Å². The van der Waals surface area contributed by atoms with Crippen molar-refractivity contribution in [1.82, 2.24) is 24.9 Å². The molecule has 3 aromatic rings. The van der Waals surface area contributed by atoms with Gasteiger partial charge in [-0.25, -0.2) is 9.48 Å². The number of aromatic nitrogens is 4. The highest BCUT2D eigenvalue weighted by molar-refractivity contribution is 5.94. The van der Waals surface area contributed by atoms with E-state index in [1.54, 1.807) is 24.5 Å². The lowest BCUT2D eigenvalue weighted by Gasteiger charge is -2.31. The first-order valence-electron chi connectivity index (χ1n) is 10.2. The predicted octanol–water partition coefficient (Wildman–Crippen LogP) is 3.37. The van der Waals surface area contributed by atoms with E-state index in [1.807, 2.05) is 34.0 Å². The third-order valence-electron chi connectivity index (χ3n) is 5.08. The fraction of sp³-hybridized carbons (Fsp3) is 0.318. The van der Waals surface area contributed by atoms with E-state index in [0.29, 0.717) is 11.6 Å². The highest BCUT2D eigenvalue weighted by atomic mass is 19.4. The Hall–Kier alpha value is -3.76. The first-order chi connectivity index (χ1) is 15.7. The molecule has 174 valence electrons. The van der Waals surface area contributed by atoms with Crippen LogP contribution in [0.1, 0.15) is 40.5 Å². The molecular formula is C22H22F3N5O3. The highest BCUT2D eigenvalue weighted by Crippen LogP contribution is 2.23. The van der Waals surface area contributed by atoms with Crippen molar-refractivity contribution in [3.05, 3.63) is 77.9 Å². The van der Waals surface area contributed by atoms with Crippen molar-refractivity contribution in [3.63, 3.8) is 0 Å². The average Bonchev–Trinajstić information content (AvgIpc) is 3.28. The first kappa shape index (κ1) is 23.9. The molecule has 0 radical (unpaired) electrons. The van der Waals surface area contributed by atoms with Gasteiger partial charge in [0.1, 0.15) is 0 Å². The van der Waals surface area contributed by atoms with Gasteiger partial charge in [-0.1, -0.05) is 35.5 Å². The Balaban J connectivity index is 0.000000383. The molecular weight excluding hydrogens is 439 g/mol. The summed E-state index contributed by atoms with van der Waals surface area (Å²) in [5, 5.41) is 15.8. The summed E-state index contributed by atoms with van der Waals surface area (Å²) >= 11 is 0. The van der Waals surface area contributed by atoms with Crippen LogP contribution in [0.3, 0.4) is 0 Å². The number of carbonyl (C=O) groups is 2. The first-order valence-corrected chi connectivity index (χ1v) is 10.2. The van der Waals surface area contributed by atoms with Crippen LogP contribution < -0.4 is 0 Å². The molecule has 1 aromatic carbocycles. The zero-order valence-corrected chi connectivity index (χ0v) is 17.5. The van der Waals surface area contributed by atoms with E-state index >= 15 is 0 Å². The molecule has 1 amide bonds. The monoisotopic (exact) mass is 461 g/mol. The van der Waals surface area contributed by atoms with E-state index in [0.717, 1.165) is 38.0 Å². The van der Waals surface area contributed by atoms with Crippen molar-refractivity contribution in [2.24, 2.45) is 0 Å². The fourth-order valence-electron chi connectivity index (χ4n) is 3.39. The number of hydrogen-bond acceptors (Lipinski definition) is 5. The number of aliphatic carboxylic acids is 1. The normalized spacial score (nSPS) is 14.3. The molecule has 1 fully saturated rings. The Morgan fingerprint density at radius 2 is 1.64 bits per heavy atom. The lowest BCUT2D eigenvalue weighted by Crippen LogP contribution is -2.39. The quantitative estimate of drug-likeness (QED) is 0.639. The van der Waals surface area contributed by atoms with E-state index in [-0.39, 0.29) is 5.91 Å². The number of likely N-dealkylation sites (tertiary alicyclic amines) is 1. The topological polar surface area (TPSA) is 101 Å². The molecule has 0 aliphatic carbocycles.